The topological polar surface area (TPSA) is 40.2 Å². The van der Waals surface area contributed by atoms with Crippen molar-refractivity contribution >= 4 is 0 Å². The van der Waals surface area contributed by atoms with Gasteiger partial charge in [-0.2, -0.15) is 0 Å². The van der Waals surface area contributed by atoms with Gasteiger partial charge in [-0.1, -0.05) is 148 Å². The molecule has 370 valence electrons. The number of likely N-dealkylation sites (tertiary alicyclic amines) is 1. The lowest BCUT2D eigenvalue weighted by Gasteiger charge is -2.58. The summed E-state index contributed by atoms with van der Waals surface area (Å²) in [4.78, 5) is 2.59. The van der Waals surface area contributed by atoms with E-state index in [1.165, 1.54) is 161 Å². The minimum atomic E-state index is 0.110. The summed E-state index contributed by atoms with van der Waals surface area (Å²) in [6.45, 7) is 23.7. The lowest BCUT2D eigenvalue weighted by Crippen LogP contribution is -2.51. The van der Waals surface area contributed by atoms with Crippen LogP contribution in [0, 0.1) is 46.3 Å². The van der Waals surface area contributed by atoms with Gasteiger partial charge >= 0.3 is 0 Å². The molecule has 0 aromatic heterocycles. The molecule has 0 aromatic rings. The average molecular weight is 892 g/mol. The lowest BCUT2D eigenvalue weighted by atomic mass is 9.47. The highest BCUT2D eigenvalue weighted by Gasteiger charge is 2.59. The average Bonchev–Trinajstić information content (AvgIpc) is 3.86. The van der Waals surface area contributed by atoms with Crippen molar-refractivity contribution in [3.05, 3.63) is 36.0 Å². The predicted molar refractivity (Wildman–Crippen MR) is 273 cm³/mol. The second kappa shape index (κ2) is 29.8. The molecule has 0 N–H and O–H groups in total. The van der Waals surface area contributed by atoms with Gasteiger partial charge in [0.15, 0.2) is 0 Å². The molecule has 5 aliphatic rings. The van der Waals surface area contributed by atoms with Gasteiger partial charge in [-0.05, 0) is 163 Å². The number of rotatable bonds is 34. The van der Waals surface area contributed by atoms with E-state index >= 15 is 0 Å². The van der Waals surface area contributed by atoms with Gasteiger partial charge in [0, 0.05) is 19.2 Å². The predicted octanol–water partition coefficient (Wildman–Crippen LogP) is 15.9. The van der Waals surface area contributed by atoms with Crippen LogP contribution < -0.4 is 0 Å². The van der Waals surface area contributed by atoms with Gasteiger partial charge in [-0.3, -0.25) is 4.90 Å². The molecule has 0 aromatic carbocycles. The normalized spacial score (nSPS) is 30.6. The number of fused-ring (bicyclic) bond motifs is 5. The molecule has 0 amide bonds. The number of nitrogens with zero attached hydrogens (tertiary/aromatic N) is 1. The quantitative estimate of drug-likeness (QED) is 0.0475. The Morgan fingerprint density at radius 2 is 1.45 bits per heavy atom. The van der Waals surface area contributed by atoms with E-state index < -0.39 is 0 Å². The summed E-state index contributed by atoms with van der Waals surface area (Å²) < 4.78 is 25.3. The molecule has 4 aliphatic carbocycles. The van der Waals surface area contributed by atoms with Gasteiger partial charge in [0.2, 0.25) is 0 Å². The summed E-state index contributed by atoms with van der Waals surface area (Å²) >= 11 is 0. The molecule has 0 bridgehead atoms. The molecule has 0 radical (unpaired) electrons. The minimum absolute atomic E-state index is 0.110. The molecule has 1 saturated heterocycles. The highest BCUT2D eigenvalue weighted by molar-refractivity contribution is 5.25. The molecule has 5 rings (SSSR count). The molecule has 3 saturated carbocycles. The zero-order valence-electron chi connectivity index (χ0n) is 43.4. The summed E-state index contributed by atoms with van der Waals surface area (Å²) in [6, 6.07) is 0.642. The van der Waals surface area contributed by atoms with Crippen LogP contribution in [0.4, 0.5) is 0 Å². The van der Waals surface area contributed by atoms with Crippen LogP contribution in [0.1, 0.15) is 222 Å². The Labute approximate surface area is 397 Å². The molecule has 5 nitrogen and oxygen atoms in total. The number of unbranched alkanes of at least 4 members (excludes halogenated alkanes) is 11. The molecular weight excluding hydrogens is 787 g/mol. The van der Waals surface area contributed by atoms with Crippen molar-refractivity contribution in [1.29, 1.82) is 0 Å². The van der Waals surface area contributed by atoms with Crippen molar-refractivity contribution in [2.24, 2.45) is 46.3 Å². The van der Waals surface area contributed by atoms with E-state index in [0.29, 0.717) is 56.0 Å². The van der Waals surface area contributed by atoms with Crippen LogP contribution in [0.2, 0.25) is 0 Å². The molecule has 64 heavy (non-hydrogen) atoms. The first-order valence-corrected chi connectivity index (χ1v) is 28.3. The first kappa shape index (κ1) is 54.0. The number of allylic oxidation sites excluding steroid dienone is 5. The summed E-state index contributed by atoms with van der Waals surface area (Å²) in [6.07, 6.45) is 48.4. The molecule has 0 spiro atoms. The lowest BCUT2D eigenvalue weighted by molar-refractivity contribution is -0.0736. The van der Waals surface area contributed by atoms with Crippen LogP contribution >= 0.6 is 0 Å². The summed E-state index contributed by atoms with van der Waals surface area (Å²) in [7, 11) is 0. The van der Waals surface area contributed by atoms with Crippen molar-refractivity contribution in [2.75, 3.05) is 52.7 Å². The van der Waals surface area contributed by atoms with Crippen LogP contribution in [-0.2, 0) is 18.9 Å². The Balaban J connectivity index is 0.896. The molecule has 1 heterocycles. The van der Waals surface area contributed by atoms with E-state index in [2.05, 4.69) is 83.7 Å². The second-order valence-electron chi connectivity index (χ2n) is 23.0. The Hall–Kier alpha value is -0.980. The van der Waals surface area contributed by atoms with E-state index in [-0.39, 0.29) is 6.10 Å². The van der Waals surface area contributed by atoms with Crippen molar-refractivity contribution < 1.29 is 18.9 Å². The monoisotopic (exact) mass is 892 g/mol. The highest BCUT2D eigenvalue weighted by atomic mass is 16.6. The summed E-state index contributed by atoms with van der Waals surface area (Å²) in [5.41, 5.74) is 2.68. The largest absolute Gasteiger partial charge is 0.379 e. The Bertz CT molecular complexity index is 1330. The summed E-state index contributed by atoms with van der Waals surface area (Å²) in [5.74, 6) is 5.36. The highest BCUT2D eigenvalue weighted by Crippen LogP contribution is 2.67. The van der Waals surface area contributed by atoms with Crippen LogP contribution in [0.3, 0.4) is 0 Å². The molecular formula is C59H105NO4. The number of hydrogen-bond donors (Lipinski definition) is 0. The fourth-order valence-corrected chi connectivity index (χ4v) is 13.9. The molecule has 5 heteroatoms. The molecule has 10 atom stereocenters. The van der Waals surface area contributed by atoms with Crippen LogP contribution in [-0.4, -0.2) is 75.9 Å². The second-order valence-corrected chi connectivity index (χ2v) is 23.0. The Kier molecular flexibility index (Phi) is 25.1. The maximum absolute atomic E-state index is 6.53. The maximum atomic E-state index is 6.53. The van der Waals surface area contributed by atoms with Gasteiger partial charge in [-0.25, -0.2) is 0 Å². The van der Waals surface area contributed by atoms with E-state index in [4.69, 9.17) is 18.9 Å². The van der Waals surface area contributed by atoms with Crippen molar-refractivity contribution in [3.63, 3.8) is 0 Å². The first-order chi connectivity index (χ1) is 31.2. The maximum Gasteiger partial charge on any atom is 0.0936 e. The standard InChI is InChI=1S/C59H105NO4/c1-8-9-10-11-12-13-14-15-16-17-18-19-20-21-22-23-24-25-40-62-47-53(46-60-39-27-30-50(60)5)64-44-42-61-41-43-63-52-35-37-58(6)51(45-52)31-32-54-56-34-33-55(49(4)29-26-28-48(2)3)59(56,7)38-36-57(54)58/h12-13,15-16,31,48-50,52-57H,8-11,14,17-30,32-47H2,1-7H3/t49-,50?,52+,53?,54+,55-,56+,57+,58+,59-/m1/s1. The number of hydrogen-bond acceptors (Lipinski definition) is 5. The van der Waals surface area contributed by atoms with Gasteiger partial charge in [0.05, 0.1) is 45.2 Å². The van der Waals surface area contributed by atoms with Crippen molar-refractivity contribution in [3.8, 4) is 0 Å². The van der Waals surface area contributed by atoms with Crippen LogP contribution in [0.15, 0.2) is 36.0 Å². The van der Waals surface area contributed by atoms with Gasteiger partial charge in [0.25, 0.3) is 0 Å². The third-order valence-corrected chi connectivity index (χ3v) is 17.8. The molecule has 2 unspecified atom stereocenters. The molecule has 1 aliphatic heterocycles. The van der Waals surface area contributed by atoms with E-state index in [1.807, 2.05) is 0 Å². The third-order valence-electron chi connectivity index (χ3n) is 17.8. The minimum Gasteiger partial charge on any atom is -0.379 e. The van der Waals surface area contributed by atoms with Gasteiger partial charge in [0.1, 0.15) is 0 Å². The fourth-order valence-electron chi connectivity index (χ4n) is 13.9. The van der Waals surface area contributed by atoms with Crippen molar-refractivity contribution in [2.45, 2.75) is 240 Å². The van der Waals surface area contributed by atoms with E-state index in [0.717, 1.165) is 67.9 Å². The van der Waals surface area contributed by atoms with Crippen molar-refractivity contribution in [1.82, 2.24) is 4.90 Å². The van der Waals surface area contributed by atoms with E-state index in [1.54, 1.807) is 5.57 Å². The zero-order valence-corrected chi connectivity index (χ0v) is 43.4. The number of ether oxygens (including phenoxy) is 4. The first-order valence-electron chi connectivity index (χ1n) is 28.3. The smallest absolute Gasteiger partial charge is 0.0936 e. The Morgan fingerprint density at radius 3 is 2.19 bits per heavy atom. The Morgan fingerprint density at radius 1 is 0.719 bits per heavy atom. The SMILES string of the molecule is CCCCCC=CCC=CCCCCCCCCCCOCC(CN1CCCC1C)OCCOCCO[C@H]1CC[C@@]2(C)C(=CC[C@H]3[C@@H]4CC[C@H]([C@H](C)CCCC(C)C)[C@@]4(C)CC[C@@H]32)C1. The van der Waals surface area contributed by atoms with E-state index in [9.17, 15) is 0 Å². The summed E-state index contributed by atoms with van der Waals surface area (Å²) in [5, 5.41) is 0. The van der Waals surface area contributed by atoms with Gasteiger partial charge < -0.3 is 18.9 Å². The van der Waals surface area contributed by atoms with Gasteiger partial charge in [-0.15, -0.1) is 0 Å². The molecule has 4 fully saturated rings. The fraction of sp³-hybridized carbons (Fsp3) is 0.898. The zero-order chi connectivity index (χ0) is 45.5. The van der Waals surface area contributed by atoms with Crippen LogP contribution in [0.25, 0.3) is 0 Å². The third kappa shape index (κ3) is 17.2. The van der Waals surface area contributed by atoms with Crippen LogP contribution in [0.5, 0.6) is 0 Å².